The van der Waals surface area contributed by atoms with E-state index in [9.17, 15) is 4.79 Å². The molecule has 0 aliphatic carbocycles. The lowest BCUT2D eigenvalue weighted by molar-refractivity contribution is 0.0551. The van der Waals surface area contributed by atoms with Crippen LogP contribution in [0.2, 0.25) is 0 Å². The highest BCUT2D eigenvalue weighted by Crippen LogP contribution is 2.30. The second-order valence-corrected chi connectivity index (χ2v) is 8.35. The van der Waals surface area contributed by atoms with E-state index in [2.05, 4.69) is 22.0 Å². The van der Waals surface area contributed by atoms with Crippen LogP contribution in [0.25, 0.3) is 11.4 Å². The molecule has 3 aromatic rings. The third-order valence-corrected chi connectivity index (χ3v) is 6.05. The monoisotopic (exact) mass is 464 g/mol. The minimum Gasteiger partial charge on any atom is -0.490 e. The average Bonchev–Trinajstić information content (AvgIpc) is 3.35. The zero-order valence-electron chi connectivity index (χ0n) is 20.3. The zero-order valence-corrected chi connectivity index (χ0v) is 20.3. The Morgan fingerprint density at radius 2 is 1.68 bits per heavy atom. The highest BCUT2D eigenvalue weighted by molar-refractivity contribution is 5.95. The number of rotatable bonds is 8. The summed E-state index contributed by atoms with van der Waals surface area (Å²) in [6.45, 7) is 11.7. The third kappa shape index (κ3) is 5.22. The van der Waals surface area contributed by atoms with Crippen LogP contribution in [0.4, 0.5) is 0 Å². The standard InChI is InChI=1S/C26H32N4O4/c1-5-32-22-12-11-21(17-23(22)33-6-2)26(31)30-15-13-29(14-16-30)19(4)25-27-24(28-34-25)20-9-7-18(3)8-10-20/h7-12,17,19H,5-6,13-16H2,1-4H3/t19-/m0/s1. The van der Waals surface area contributed by atoms with Crippen molar-refractivity contribution in [1.82, 2.24) is 19.9 Å². The van der Waals surface area contributed by atoms with Crippen molar-refractivity contribution >= 4 is 5.91 Å². The number of hydrogen-bond acceptors (Lipinski definition) is 7. The number of amides is 1. The Labute approximate surface area is 200 Å². The van der Waals surface area contributed by atoms with Crippen molar-refractivity contribution in [3.63, 3.8) is 0 Å². The molecule has 4 rings (SSSR count). The Morgan fingerprint density at radius 1 is 1.00 bits per heavy atom. The summed E-state index contributed by atoms with van der Waals surface area (Å²) in [5, 5.41) is 4.16. The van der Waals surface area contributed by atoms with Crippen molar-refractivity contribution < 1.29 is 18.8 Å². The van der Waals surface area contributed by atoms with Crippen molar-refractivity contribution in [2.75, 3.05) is 39.4 Å². The quantitative estimate of drug-likeness (QED) is 0.490. The summed E-state index contributed by atoms with van der Waals surface area (Å²) in [5.74, 6) is 2.43. The van der Waals surface area contributed by atoms with Gasteiger partial charge < -0.3 is 18.9 Å². The van der Waals surface area contributed by atoms with E-state index in [4.69, 9.17) is 14.0 Å². The van der Waals surface area contributed by atoms with Crippen molar-refractivity contribution in [2.45, 2.75) is 33.7 Å². The van der Waals surface area contributed by atoms with Crippen molar-refractivity contribution in [2.24, 2.45) is 0 Å². The Hall–Kier alpha value is -3.39. The number of piperazine rings is 1. The maximum absolute atomic E-state index is 13.1. The molecule has 34 heavy (non-hydrogen) atoms. The number of aromatic nitrogens is 2. The van der Waals surface area contributed by atoms with Gasteiger partial charge in [-0.25, -0.2) is 0 Å². The fourth-order valence-electron chi connectivity index (χ4n) is 4.06. The van der Waals surface area contributed by atoms with E-state index in [1.54, 1.807) is 18.2 Å². The molecule has 0 saturated carbocycles. The molecule has 1 atom stereocenters. The van der Waals surface area contributed by atoms with Crippen LogP contribution in [0.1, 0.15) is 48.6 Å². The summed E-state index contributed by atoms with van der Waals surface area (Å²) in [4.78, 5) is 21.9. The topological polar surface area (TPSA) is 80.9 Å². The maximum atomic E-state index is 13.1. The van der Waals surface area contributed by atoms with Crippen molar-refractivity contribution in [3.8, 4) is 22.9 Å². The summed E-state index contributed by atoms with van der Waals surface area (Å²) < 4.78 is 16.9. The number of benzene rings is 2. The second-order valence-electron chi connectivity index (χ2n) is 8.35. The number of ether oxygens (including phenoxy) is 2. The molecule has 1 aromatic heterocycles. The van der Waals surface area contributed by atoms with Gasteiger partial charge in [0.2, 0.25) is 11.7 Å². The number of carbonyl (C=O) groups is 1. The van der Waals surface area contributed by atoms with E-state index in [0.717, 1.165) is 18.7 Å². The van der Waals surface area contributed by atoms with Crippen LogP contribution in [0, 0.1) is 6.92 Å². The lowest BCUT2D eigenvalue weighted by Gasteiger charge is -2.36. The van der Waals surface area contributed by atoms with Gasteiger partial charge in [0.05, 0.1) is 19.3 Å². The Bertz CT molecular complexity index is 1100. The molecular weight excluding hydrogens is 432 g/mol. The molecule has 1 fully saturated rings. The van der Waals surface area contributed by atoms with Gasteiger partial charge in [-0.3, -0.25) is 9.69 Å². The maximum Gasteiger partial charge on any atom is 0.254 e. The molecule has 8 heteroatoms. The number of nitrogens with zero attached hydrogens (tertiary/aromatic N) is 4. The summed E-state index contributed by atoms with van der Waals surface area (Å²) in [6.07, 6.45) is 0. The minimum atomic E-state index is -0.0287. The summed E-state index contributed by atoms with van der Waals surface area (Å²) in [5.41, 5.74) is 2.73. The number of hydrogen-bond donors (Lipinski definition) is 0. The Morgan fingerprint density at radius 3 is 2.35 bits per heavy atom. The molecule has 2 heterocycles. The van der Waals surface area contributed by atoms with Gasteiger partial charge in [-0.05, 0) is 45.9 Å². The molecule has 1 saturated heterocycles. The molecule has 0 N–H and O–H groups in total. The largest absolute Gasteiger partial charge is 0.490 e. The van der Waals surface area contributed by atoms with Crippen LogP contribution in [0.15, 0.2) is 47.0 Å². The number of carbonyl (C=O) groups excluding carboxylic acids is 1. The SMILES string of the molecule is CCOc1ccc(C(=O)N2CCN([C@@H](C)c3nc(-c4ccc(C)cc4)no3)CC2)cc1OCC. The van der Waals surface area contributed by atoms with E-state index < -0.39 is 0 Å². The van der Waals surface area contributed by atoms with E-state index >= 15 is 0 Å². The van der Waals surface area contributed by atoms with Crippen LogP contribution < -0.4 is 9.47 Å². The highest BCUT2D eigenvalue weighted by Gasteiger charge is 2.28. The lowest BCUT2D eigenvalue weighted by atomic mass is 10.1. The average molecular weight is 465 g/mol. The van der Waals surface area contributed by atoms with Gasteiger partial charge in [0.25, 0.3) is 5.91 Å². The molecule has 0 unspecified atom stereocenters. The zero-order chi connectivity index (χ0) is 24.1. The Kier molecular flexibility index (Phi) is 7.47. The van der Waals surface area contributed by atoms with E-state index in [0.29, 0.717) is 55.1 Å². The van der Waals surface area contributed by atoms with Crippen molar-refractivity contribution in [3.05, 3.63) is 59.5 Å². The third-order valence-electron chi connectivity index (χ3n) is 6.05. The molecule has 1 aliphatic heterocycles. The molecule has 0 radical (unpaired) electrons. The van der Waals surface area contributed by atoms with Gasteiger partial charge in [0, 0.05) is 37.3 Å². The van der Waals surface area contributed by atoms with Crippen LogP contribution in [-0.4, -0.2) is 65.2 Å². The lowest BCUT2D eigenvalue weighted by Crippen LogP contribution is -2.49. The second kappa shape index (κ2) is 10.7. The van der Waals surface area contributed by atoms with E-state index in [1.165, 1.54) is 5.56 Å². The molecule has 1 amide bonds. The Balaban J connectivity index is 1.38. The first-order valence-electron chi connectivity index (χ1n) is 11.8. The summed E-state index contributed by atoms with van der Waals surface area (Å²) >= 11 is 0. The molecule has 0 spiro atoms. The van der Waals surface area contributed by atoms with Gasteiger partial charge >= 0.3 is 0 Å². The van der Waals surface area contributed by atoms with Gasteiger partial charge in [0.1, 0.15) is 0 Å². The molecule has 0 bridgehead atoms. The fraction of sp³-hybridized carbons (Fsp3) is 0.423. The van der Waals surface area contributed by atoms with Crippen LogP contribution >= 0.6 is 0 Å². The summed E-state index contributed by atoms with van der Waals surface area (Å²) in [6, 6.07) is 13.4. The fourth-order valence-corrected chi connectivity index (χ4v) is 4.06. The summed E-state index contributed by atoms with van der Waals surface area (Å²) in [7, 11) is 0. The van der Waals surface area contributed by atoms with Crippen molar-refractivity contribution in [1.29, 1.82) is 0 Å². The smallest absolute Gasteiger partial charge is 0.254 e. The molecule has 2 aromatic carbocycles. The van der Waals surface area contributed by atoms with Gasteiger partial charge in [-0.15, -0.1) is 0 Å². The van der Waals surface area contributed by atoms with Gasteiger partial charge in [-0.2, -0.15) is 4.98 Å². The normalized spacial score (nSPS) is 15.2. The predicted molar refractivity (Wildman–Crippen MR) is 129 cm³/mol. The van der Waals surface area contributed by atoms with Crippen LogP contribution in [-0.2, 0) is 0 Å². The van der Waals surface area contributed by atoms with Crippen LogP contribution in [0.5, 0.6) is 11.5 Å². The van der Waals surface area contributed by atoms with Crippen LogP contribution in [0.3, 0.4) is 0 Å². The van der Waals surface area contributed by atoms with E-state index in [1.807, 2.05) is 49.9 Å². The molecule has 1 aliphatic rings. The predicted octanol–water partition coefficient (Wildman–Crippen LogP) is 4.36. The van der Waals surface area contributed by atoms with E-state index in [-0.39, 0.29) is 11.9 Å². The number of aryl methyl sites for hydroxylation is 1. The highest BCUT2D eigenvalue weighted by atomic mass is 16.5. The first-order chi connectivity index (χ1) is 16.5. The first kappa shape index (κ1) is 23.8. The molecule has 180 valence electrons. The molecular formula is C26H32N4O4. The minimum absolute atomic E-state index is 0.00393. The first-order valence-corrected chi connectivity index (χ1v) is 11.8. The molecule has 8 nitrogen and oxygen atoms in total. The van der Waals surface area contributed by atoms with Gasteiger partial charge in [-0.1, -0.05) is 35.0 Å². The van der Waals surface area contributed by atoms with Gasteiger partial charge in [0.15, 0.2) is 11.5 Å².